The van der Waals surface area contributed by atoms with Gasteiger partial charge < -0.3 is 18.9 Å². The molecule has 2 unspecified atom stereocenters. The van der Waals surface area contributed by atoms with Gasteiger partial charge in [-0.05, 0) is 141 Å². The van der Waals surface area contributed by atoms with Crippen molar-refractivity contribution in [2.75, 3.05) is 47.5 Å². The van der Waals surface area contributed by atoms with Crippen LogP contribution in [0, 0.1) is 0 Å². The molecule has 518 valence electrons. The molecule has 0 aliphatic carbocycles. The predicted octanol–water partition coefficient (Wildman–Crippen LogP) is 24.0. The molecule has 0 spiro atoms. The van der Waals surface area contributed by atoms with Crippen molar-refractivity contribution in [1.82, 2.24) is 0 Å². The van der Waals surface area contributed by atoms with Gasteiger partial charge in [-0.1, -0.05) is 298 Å². The fraction of sp³-hybridized carbons (Fsp3) is 0.585. The van der Waals surface area contributed by atoms with Crippen LogP contribution < -0.4 is 0 Å². The summed E-state index contributed by atoms with van der Waals surface area (Å²) in [4.78, 5) is 35.9. The van der Waals surface area contributed by atoms with Crippen LogP contribution in [0.1, 0.15) is 258 Å². The summed E-state index contributed by atoms with van der Waals surface area (Å²) in [5.41, 5.74) is 0. The van der Waals surface area contributed by atoms with E-state index < -0.39 is 26.5 Å². The molecule has 0 aliphatic rings. The van der Waals surface area contributed by atoms with E-state index in [1.165, 1.54) is 64.2 Å². The van der Waals surface area contributed by atoms with Crippen molar-refractivity contribution in [1.29, 1.82) is 0 Å². The van der Waals surface area contributed by atoms with Crippen molar-refractivity contribution >= 4 is 19.8 Å². The number of quaternary nitrogens is 1. The molecule has 0 heterocycles. The quantitative estimate of drug-likeness (QED) is 0.0211. The number of unbranched alkanes of at least 4 members (excludes halogenated alkanes) is 18. The number of hydrogen-bond donors (Lipinski definition) is 1. The molecule has 1 N–H and O–H groups in total. The van der Waals surface area contributed by atoms with Crippen molar-refractivity contribution in [3.05, 3.63) is 194 Å². The number of esters is 2. The van der Waals surface area contributed by atoms with E-state index in [9.17, 15) is 19.0 Å². The molecule has 0 aliphatic heterocycles. The number of ether oxygens (including phenoxy) is 2. The Morgan fingerprint density at radius 1 is 0.337 bits per heavy atom. The summed E-state index contributed by atoms with van der Waals surface area (Å²) in [5.74, 6) is -0.825. The summed E-state index contributed by atoms with van der Waals surface area (Å²) in [6, 6.07) is 0. The zero-order chi connectivity index (χ0) is 66.9. The molecule has 0 amide bonds. The van der Waals surface area contributed by atoms with Gasteiger partial charge in [0.05, 0.1) is 27.7 Å². The number of rotatable bonds is 64. The van der Waals surface area contributed by atoms with Gasteiger partial charge in [-0.2, -0.15) is 0 Å². The van der Waals surface area contributed by atoms with Crippen LogP contribution >= 0.6 is 7.82 Å². The van der Waals surface area contributed by atoms with Crippen molar-refractivity contribution in [2.45, 2.75) is 264 Å². The van der Waals surface area contributed by atoms with Gasteiger partial charge in [0.25, 0.3) is 0 Å². The first-order valence-corrected chi connectivity index (χ1v) is 37.7. The second kappa shape index (κ2) is 70.2. The standard InChI is InChI=1S/C82H132NO8P/c1-6-8-10-12-14-16-18-20-22-24-26-28-30-32-34-35-36-37-38-39-40-41-42-43-44-45-46-47-49-51-53-55-57-59-61-63-65-67-69-71-73-75-82(85)91-80(79-90-92(86,87)89-77-76-83(3,4)5)78-88-81(84)74-72-70-68-66-64-62-60-58-56-54-52-50-48-33-31-29-27-25-23-21-19-17-15-13-11-9-7-2/h8-11,14-17,20-23,26-29,32-34,36-37,39-40,42-43,45-46,48-49,51,55,57,80H,6-7,12-13,18-19,24-25,30-31,35,38,41,44,47,50,52-54,56,58-79H2,1-5H3/p+1/b10-8-,11-9-,16-14-,17-15-,22-20-,23-21-,28-26-,29-27-,34-32-,37-36-,40-39-,43-42-,46-45-,48-33-,51-49-,57-55-. The molecule has 92 heavy (non-hydrogen) atoms. The van der Waals surface area contributed by atoms with E-state index in [0.717, 1.165) is 161 Å². The molecule has 2 atom stereocenters. The Balaban J connectivity index is 4.15. The molecule has 0 aromatic carbocycles. The molecule has 0 saturated heterocycles. The average Bonchev–Trinajstić information content (AvgIpc) is 2.23. The summed E-state index contributed by atoms with van der Waals surface area (Å²) in [6.07, 6.45) is 110. The number of nitrogens with zero attached hydrogens (tertiary/aromatic N) is 1. The fourth-order valence-electron chi connectivity index (χ4n) is 9.16. The van der Waals surface area contributed by atoms with Gasteiger partial charge >= 0.3 is 19.8 Å². The maximum absolute atomic E-state index is 12.9. The Morgan fingerprint density at radius 2 is 0.587 bits per heavy atom. The Hall–Kier alpha value is -5.15. The van der Waals surface area contributed by atoms with Gasteiger partial charge in [0.1, 0.15) is 19.8 Å². The first-order chi connectivity index (χ1) is 45.0. The van der Waals surface area contributed by atoms with Crippen LogP contribution in [0.4, 0.5) is 0 Å². The van der Waals surface area contributed by atoms with Crippen LogP contribution in [0.25, 0.3) is 0 Å². The minimum Gasteiger partial charge on any atom is -0.462 e. The fourth-order valence-corrected chi connectivity index (χ4v) is 9.91. The normalized spacial score (nSPS) is 14.3. The maximum Gasteiger partial charge on any atom is 0.472 e. The van der Waals surface area contributed by atoms with E-state index in [0.29, 0.717) is 17.4 Å². The topological polar surface area (TPSA) is 108 Å². The largest absolute Gasteiger partial charge is 0.472 e. The summed E-state index contributed by atoms with van der Waals surface area (Å²) in [7, 11) is 1.44. The van der Waals surface area contributed by atoms with E-state index >= 15 is 0 Å². The number of phosphoric acid groups is 1. The van der Waals surface area contributed by atoms with Crippen molar-refractivity contribution < 1.29 is 42.1 Å². The van der Waals surface area contributed by atoms with Crippen molar-refractivity contribution in [3.8, 4) is 0 Å². The average molecular weight is 1290 g/mol. The van der Waals surface area contributed by atoms with Gasteiger partial charge in [-0.25, -0.2) is 4.57 Å². The molecule has 10 heteroatoms. The second-order valence-corrected chi connectivity index (χ2v) is 26.0. The lowest BCUT2D eigenvalue weighted by atomic mass is 10.0. The molecular formula is C82H133NO8P+. The minimum atomic E-state index is -4.41. The van der Waals surface area contributed by atoms with Crippen LogP contribution in [0.5, 0.6) is 0 Å². The number of allylic oxidation sites excluding steroid dienone is 32. The smallest absolute Gasteiger partial charge is 0.462 e. The molecule has 0 aromatic rings. The Labute approximate surface area is 564 Å². The molecular weight excluding hydrogens is 1160 g/mol. The van der Waals surface area contributed by atoms with Crippen LogP contribution in [0.3, 0.4) is 0 Å². The predicted molar refractivity (Wildman–Crippen MR) is 399 cm³/mol. The lowest BCUT2D eigenvalue weighted by Crippen LogP contribution is -2.37. The summed E-state index contributed by atoms with van der Waals surface area (Å²) in [6.45, 7) is 4.17. The molecule has 0 radical (unpaired) electrons. The SMILES string of the molecule is CC/C=C\C/C=C\C/C=C\C/C=C\C/C=C\C/C=C\C/C=C\C/C=C\C/C=C\C/C=C\C/C=C\CCCCCCCCCC(=O)OC(COC(=O)CCCCCCCCCCCCC/C=C\C/C=C\C/C=C\C/C=C\C/C=C\CC)COP(=O)(O)OCC[N+](C)(C)C. The Bertz CT molecular complexity index is 2260. The van der Waals surface area contributed by atoms with Gasteiger partial charge in [-0.3, -0.25) is 18.6 Å². The highest BCUT2D eigenvalue weighted by atomic mass is 31.2. The third kappa shape index (κ3) is 73.9. The van der Waals surface area contributed by atoms with Gasteiger partial charge in [0.2, 0.25) is 0 Å². The van der Waals surface area contributed by atoms with E-state index in [-0.39, 0.29) is 32.0 Å². The molecule has 0 aromatic heterocycles. The summed E-state index contributed by atoms with van der Waals surface area (Å²) in [5, 5.41) is 0. The second-order valence-electron chi connectivity index (χ2n) is 24.5. The number of phosphoric ester groups is 1. The van der Waals surface area contributed by atoms with Crippen molar-refractivity contribution in [2.24, 2.45) is 0 Å². The van der Waals surface area contributed by atoms with Crippen LogP contribution in [0.15, 0.2) is 194 Å². The molecule has 0 fully saturated rings. The van der Waals surface area contributed by atoms with Gasteiger partial charge in [0.15, 0.2) is 6.10 Å². The van der Waals surface area contributed by atoms with E-state index in [1.807, 2.05) is 21.1 Å². The Kier molecular flexibility index (Phi) is 66.2. The van der Waals surface area contributed by atoms with Crippen molar-refractivity contribution in [3.63, 3.8) is 0 Å². The Morgan fingerprint density at radius 3 is 0.870 bits per heavy atom. The van der Waals surface area contributed by atoms with E-state index in [4.69, 9.17) is 18.5 Å². The highest BCUT2D eigenvalue weighted by molar-refractivity contribution is 7.47. The lowest BCUT2D eigenvalue weighted by Gasteiger charge is -2.24. The zero-order valence-corrected chi connectivity index (χ0v) is 59.8. The first kappa shape index (κ1) is 86.9. The zero-order valence-electron chi connectivity index (χ0n) is 59.0. The molecule has 0 rings (SSSR count). The highest BCUT2D eigenvalue weighted by Gasteiger charge is 2.27. The summed E-state index contributed by atoms with van der Waals surface area (Å²) < 4.78 is 34.7. The number of hydrogen-bond acceptors (Lipinski definition) is 7. The number of likely N-dealkylation sites (N-methyl/N-ethyl adjacent to an activating group) is 1. The molecule has 0 bridgehead atoms. The van der Waals surface area contributed by atoms with Gasteiger partial charge in [-0.15, -0.1) is 0 Å². The van der Waals surface area contributed by atoms with E-state index in [2.05, 4.69) is 208 Å². The number of carbonyl (C=O) groups excluding carboxylic acids is 2. The third-order valence-corrected chi connectivity index (χ3v) is 15.6. The van der Waals surface area contributed by atoms with E-state index in [1.54, 1.807) is 0 Å². The first-order valence-electron chi connectivity index (χ1n) is 36.2. The minimum absolute atomic E-state index is 0.0188. The summed E-state index contributed by atoms with van der Waals surface area (Å²) >= 11 is 0. The lowest BCUT2D eigenvalue weighted by molar-refractivity contribution is -0.870. The molecule has 9 nitrogen and oxygen atoms in total. The third-order valence-electron chi connectivity index (χ3n) is 14.6. The van der Waals surface area contributed by atoms with Crippen LogP contribution in [-0.4, -0.2) is 74.9 Å². The van der Waals surface area contributed by atoms with Crippen LogP contribution in [0.2, 0.25) is 0 Å². The highest BCUT2D eigenvalue weighted by Crippen LogP contribution is 2.43. The van der Waals surface area contributed by atoms with Gasteiger partial charge in [0, 0.05) is 12.8 Å². The molecule has 0 saturated carbocycles. The van der Waals surface area contributed by atoms with Crippen LogP contribution in [-0.2, 0) is 32.7 Å². The number of carbonyl (C=O) groups is 2. The maximum atomic E-state index is 12.9. The monoisotopic (exact) mass is 1290 g/mol.